The first-order valence-electron chi connectivity index (χ1n) is 2.94. The Morgan fingerprint density at radius 3 is 2.33 bits per heavy atom. The third-order valence-electron chi connectivity index (χ3n) is 1.04. The van der Waals surface area contributed by atoms with Crippen LogP contribution in [0.5, 0.6) is 0 Å². The highest BCUT2D eigenvalue weighted by Crippen LogP contribution is 2.00. The van der Waals surface area contributed by atoms with Crippen molar-refractivity contribution < 1.29 is 17.8 Å². The van der Waals surface area contributed by atoms with Crippen LogP contribution >= 0.6 is 0 Å². The smallest absolute Gasteiger partial charge is 0.287 e. The minimum Gasteiger partial charge on any atom is -0.369 e. The Morgan fingerprint density at radius 2 is 2.08 bits per heavy atom. The summed E-state index contributed by atoms with van der Waals surface area (Å²) >= 11 is 0. The van der Waals surface area contributed by atoms with Gasteiger partial charge in [-0.2, -0.15) is 8.42 Å². The molecule has 0 aromatic carbocycles. The maximum Gasteiger partial charge on any atom is 0.287 e. The number of carbonyl (C=O) groups excluding carboxylic acids is 1. The molecule has 1 amide bonds. The summed E-state index contributed by atoms with van der Waals surface area (Å²) in [5.74, 6) is -1.61. The zero-order valence-corrected chi connectivity index (χ0v) is 6.99. The Morgan fingerprint density at radius 1 is 1.58 bits per heavy atom. The van der Waals surface area contributed by atoms with Crippen LogP contribution in [0.25, 0.3) is 0 Å². The number of nitrogens with two attached hydrogens (primary N) is 1. The molecule has 6 heteroatoms. The Labute approximate surface area is 70.3 Å². The second-order valence-corrected chi connectivity index (χ2v) is 3.31. The molecule has 68 valence electrons. The predicted molar refractivity (Wildman–Crippen MR) is 43.6 cm³/mol. The van der Waals surface area contributed by atoms with Crippen LogP contribution in [-0.4, -0.2) is 18.9 Å². The average Bonchev–Trinajstić information content (AvgIpc) is 1.85. The molecule has 0 aliphatic carbocycles. The summed E-state index contributed by atoms with van der Waals surface area (Å²) < 4.78 is 28.6. The quantitative estimate of drug-likeness (QED) is 0.469. The number of amides is 1. The summed E-state index contributed by atoms with van der Waals surface area (Å²) in [7, 11) is -4.20. The standard InChI is InChI=1S/C6H9NO4S/c1-2-5(6(7)8)3-4-12(9,10)11/h2-5H,1H2,(H2,7,8)(H,9,10,11). The topological polar surface area (TPSA) is 97.5 Å². The van der Waals surface area contributed by atoms with Crippen molar-refractivity contribution in [1.29, 1.82) is 0 Å². The Hall–Kier alpha value is -1.14. The third kappa shape index (κ3) is 4.64. The van der Waals surface area contributed by atoms with Crippen molar-refractivity contribution in [2.45, 2.75) is 0 Å². The fraction of sp³-hybridized carbons (Fsp3) is 0.167. The van der Waals surface area contributed by atoms with E-state index in [1.54, 1.807) is 0 Å². The number of carbonyl (C=O) groups is 1. The largest absolute Gasteiger partial charge is 0.369 e. The highest BCUT2D eigenvalue weighted by molar-refractivity contribution is 7.88. The normalized spacial score (nSPS) is 14.4. The van der Waals surface area contributed by atoms with E-state index < -0.39 is 21.9 Å². The molecule has 0 heterocycles. The molecule has 0 bridgehead atoms. The minimum absolute atomic E-state index is 0.490. The molecule has 0 aliphatic rings. The van der Waals surface area contributed by atoms with Gasteiger partial charge in [0.2, 0.25) is 5.91 Å². The summed E-state index contributed by atoms with van der Waals surface area (Å²) in [5.41, 5.74) is 4.84. The lowest BCUT2D eigenvalue weighted by molar-refractivity contribution is -0.119. The van der Waals surface area contributed by atoms with Gasteiger partial charge in [-0.3, -0.25) is 9.35 Å². The Bertz CT molecular complexity index is 304. The van der Waals surface area contributed by atoms with Crippen molar-refractivity contribution in [3.05, 3.63) is 24.1 Å². The fourth-order valence-corrected chi connectivity index (χ4v) is 0.841. The van der Waals surface area contributed by atoms with Gasteiger partial charge in [-0.1, -0.05) is 12.2 Å². The summed E-state index contributed by atoms with van der Waals surface area (Å²) in [6.07, 6.45) is 2.12. The molecule has 1 atom stereocenters. The molecule has 0 aliphatic heterocycles. The van der Waals surface area contributed by atoms with E-state index in [2.05, 4.69) is 6.58 Å². The summed E-state index contributed by atoms with van der Waals surface area (Å²) in [6, 6.07) is 0. The third-order valence-corrected chi connectivity index (χ3v) is 1.54. The highest BCUT2D eigenvalue weighted by Gasteiger charge is 2.07. The molecule has 0 radical (unpaired) electrons. The molecule has 1 unspecified atom stereocenters. The first kappa shape index (κ1) is 10.9. The molecular weight excluding hydrogens is 182 g/mol. The average molecular weight is 191 g/mol. The van der Waals surface area contributed by atoms with Gasteiger partial charge in [-0.15, -0.1) is 6.58 Å². The van der Waals surface area contributed by atoms with Gasteiger partial charge in [-0.05, 0) is 0 Å². The molecule has 12 heavy (non-hydrogen) atoms. The Balaban J connectivity index is 4.52. The van der Waals surface area contributed by atoms with Crippen LogP contribution in [0.4, 0.5) is 0 Å². The van der Waals surface area contributed by atoms with Gasteiger partial charge in [0.1, 0.15) is 0 Å². The van der Waals surface area contributed by atoms with Crippen molar-refractivity contribution in [2.75, 3.05) is 0 Å². The van der Waals surface area contributed by atoms with Crippen molar-refractivity contribution in [2.24, 2.45) is 11.7 Å². The predicted octanol–water partition coefficient (Wildman–Crippen LogP) is -0.325. The Kier molecular flexibility index (Phi) is 3.65. The fourth-order valence-electron chi connectivity index (χ4n) is 0.473. The lowest BCUT2D eigenvalue weighted by atomic mass is 10.1. The van der Waals surface area contributed by atoms with Gasteiger partial charge in [0, 0.05) is 0 Å². The van der Waals surface area contributed by atoms with Gasteiger partial charge >= 0.3 is 0 Å². The first-order chi connectivity index (χ1) is 5.37. The van der Waals surface area contributed by atoms with E-state index in [1.165, 1.54) is 6.08 Å². The second-order valence-electron chi connectivity index (χ2n) is 2.01. The van der Waals surface area contributed by atoms with Gasteiger partial charge < -0.3 is 5.73 Å². The van der Waals surface area contributed by atoms with Crippen molar-refractivity contribution in [3.63, 3.8) is 0 Å². The molecule has 5 nitrogen and oxygen atoms in total. The summed E-state index contributed by atoms with van der Waals surface area (Å²) in [5, 5.41) is 0.490. The SMILES string of the molecule is C=CC(C=CS(=O)(=O)O)C(N)=O. The summed E-state index contributed by atoms with van der Waals surface area (Å²) in [4.78, 5) is 10.5. The molecule has 0 spiro atoms. The van der Waals surface area contributed by atoms with E-state index in [0.717, 1.165) is 6.08 Å². The number of hydrogen-bond acceptors (Lipinski definition) is 3. The van der Waals surface area contributed by atoms with Crippen LogP contribution in [0, 0.1) is 5.92 Å². The monoisotopic (exact) mass is 191 g/mol. The molecule has 0 saturated heterocycles. The summed E-state index contributed by atoms with van der Waals surface area (Å²) in [6.45, 7) is 3.25. The lowest BCUT2D eigenvalue weighted by Gasteiger charge is -1.98. The van der Waals surface area contributed by atoms with Gasteiger partial charge in [0.25, 0.3) is 10.1 Å². The van der Waals surface area contributed by atoms with Crippen molar-refractivity contribution in [3.8, 4) is 0 Å². The van der Waals surface area contributed by atoms with E-state index >= 15 is 0 Å². The van der Waals surface area contributed by atoms with E-state index in [-0.39, 0.29) is 0 Å². The van der Waals surface area contributed by atoms with Crippen LogP contribution in [0.15, 0.2) is 24.1 Å². The van der Waals surface area contributed by atoms with Gasteiger partial charge in [0.15, 0.2) is 0 Å². The molecule has 0 fully saturated rings. The molecule has 0 aromatic rings. The van der Waals surface area contributed by atoms with E-state index in [1.807, 2.05) is 0 Å². The number of hydrogen-bond donors (Lipinski definition) is 2. The van der Waals surface area contributed by atoms with Crippen molar-refractivity contribution >= 4 is 16.0 Å². The maximum absolute atomic E-state index is 10.5. The van der Waals surface area contributed by atoms with Gasteiger partial charge in [-0.25, -0.2) is 0 Å². The van der Waals surface area contributed by atoms with Crippen LogP contribution < -0.4 is 5.73 Å². The maximum atomic E-state index is 10.5. The number of rotatable bonds is 4. The van der Waals surface area contributed by atoms with E-state index in [0.29, 0.717) is 5.41 Å². The van der Waals surface area contributed by atoms with Gasteiger partial charge in [0.05, 0.1) is 11.3 Å². The number of primary amides is 1. The van der Waals surface area contributed by atoms with Crippen LogP contribution in [-0.2, 0) is 14.9 Å². The van der Waals surface area contributed by atoms with E-state index in [9.17, 15) is 13.2 Å². The zero-order chi connectivity index (χ0) is 9.78. The molecule has 3 N–H and O–H groups in total. The molecule has 0 rings (SSSR count). The van der Waals surface area contributed by atoms with Crippen LogP contribution in [0.3, 0.4) is 0 Å². The highest BCUT2D eigenvalue weighted by atomic mass is 32.2. The molecule has 0 aromatic heterocycles. The van der Waals surface area contributed by atoms with Crippen LogP contribution in [0.2, 0.25) is 0 Å². The molecule has 0 saturated carbocycles. The van der Waals surface area contributed by atoms with Crippen molar-refractivity contribution in [1.82, 2.24) is 0 Å². The van der Waals surface area contributed by atoms with Crippen LogP contribution in [0.1, 0.15) is 0 Å². The van der Waals surface area contributed by atoms with E-state index in [4.69, 9.17) is 10.3 Å². The first-order valence-corrected chi connectivity index (χ1v) is 4.44. The second kappa shape index (κ2) is 4.03. The minimum atomic E-state index is -4.20. The lowest BCUT2D eigenvalue weighted by Crippen LogP contribution is -2.19. The molecular formula is C6H9NO4S. The zero-order valence-electron chi connectivity index (χ0n) is 6.17.